The molecule has 3 saturated heterocycles. The second-order valence-corrected chi connectivity index (χ2v) is 17.8. The minimum Gasteiger partial charge on any atom is -0.389 e. The van der Waals surface area contributed by atoms with Crippen LogP contribution in [-0.4, -0.2) is 74.0 Å². The molecule has 0 radical (unpaired) electrons. The maximum absolute atomic E-state index is 15.1. The summed E-state index contributed by atoms with van der Waals surface area (Å²) in [5, 5.41) is 12.5. The van der Waals surface area contributed by atoms with Crippen molar-refractivity contribution in [1.29, 1.82) is 0 Å². The molecule has 6 aliphatic rings. The van der Waals surface area contributed by atoms with Crippen LogP contribution < -0.4 is 0 Å². The summed E-state index contributed by atoms with van der Waals surface area (Å²) in [6.45, 7) is 9.29. The van der Waals surface area contributed by atoms with E-state index in [1.54, 1.807) is 0 Å². The number of allylic oxidation sites excluding steroid dienone is 1. The van der Waals surface area contributed by atoms with Gasteiger partial charge in [-0.05, 0) is 80.5 Å². The molecule has 3 heterocycles. The second kappa shape index (κ2) is 10.5. The van der Waals surface area contributed by atoms with Crippen molar-refractivity contribution in [2.24, 2.45) is 22.7 Å². The van der Waals surface area contributed by atoms with E-state index in [-0.39, 0.29) is 39.4 Å². The van der Waals surface area contributed by atoms with Gasteiger partial charge in [-0.1, -0.05) is 19.4 Å². The van der Waals surface area contributed by atoms with Crippen molar-refractivity contribution in [2.45, 2.75) is 99.7 Å². The molecule has 0 aromatic carbocycles. The van der Waals surface area contributed by atoms with E-state index in [1.165, 1.54) is 18.4 Å². The zero-order valence-electron chi connectivity index (χ0n) is 22.5. The Morgan fingerprint density at radius 1 is 0.973 bits per heavy atom. The fourth-order valence-electron chi connectivity index (χ4n) is 7.78. The van der Waals surface area contributed by atoms with Crippen molar-refractivity contribution in [3.63, 3.8) is 0 Å². The molecule has 0 amide bonds. The molecule has 5 fully saturated rings. The van der Waals surface area contributed by atoms with E-state index < -0.39 is 22.5 Å². The Kier molecular flexibility index (Phi) is 7.88. The van der Waals surface area contributed by atoms with Gasteiger partial charge in [0.25, 0.3) is 0 Å². The molecular formula is C28H42O5S4. The summed E-state index contributed by atoms with van der Waals surface area (Å²) in [7, 11) is 0. The fraction of sp³-hybridized carbons (Fsp3) is 0.893. The largest absolute Gasteiger partial charge is 0.389 e. The van der Waals surface area contributed by atoms with Crippen LogP contribution in [-0.2, 0) is 19.0 Å². The number of thioether (sulfide) groups is 4. The number of ether oxygens (including phenoxy) is 3. The van der Waals surface area contributed by atoms with Crippen LogP contribution in [0.15, 0.2) is 11.1 Å². The van der Waals surface area contributed by atoms with Gasteiger partial charge >= 0.3 is 0 Å². The number of carbonyl (C=O) groups excluding carboxylic acids is 1. The van der Waals surface area contributed by atoms with Crippen LogP contribution in [0.2, 0.25) is 0 Å². The van der Waals surface area contributed by atoms with Gasteiger partial charge in [-0.15, -0.1) is 47.0 Å². The molecule has 0 aromatic rings. The van der Waals surface area contributed by atoms with Gasteiger partial charge in [0.05, 0.1) is 29.8 Å². The van der Waals surface area contributed by atoms with Crippen LogP contribution in [0.25, 0.3) is 0 Å². The lowest BCUT2D eigenvalue weighted by Crippen LogP contribution is -2.69. The maximum Gasteiger partial charge on any atom is 0.174 e. The SMILES string of the molecule is CC1=C2C(OC3SCCCS3)C(=O)C3(C)C(OC4SCCCS4)CC4OCC4C3CC(O)(CC1)C2(C)C. The molecule has 3 aliphatic heterocycles. The molecule has 7 atom stereocenters. The molecule has 5 nitrogen and oxygen atoms in total. The first-order valence-corrected chi connectivity index (χ1v) is 18.2. The average molecular weight is 587 g/mol. The number of carbonyl (C=O) groups is 1. The standard InChI is InChI=1S/C28H42O5S4/c1-16-7-8-28(30)14-18-17-15-31-19(17)13-20(32-24-34-9-5-10-35-24)27(18,4)23(29)22(21(16)26(28,2)3)33-25-36-11-6-12-37-25/h17-20,22,24-25,30H,5-15H2,1-4H3. The highest BCUT2D eigenvalue weighted by molar-refractivity contribution is 8.17. The summed E-state index contributed by atoms with van der Waals surface area (Å²) in [4.78, 5) is 15.1. The molecule has 7 unspecified atom stereocenters. The lowest BCUT2D eigenvalue weighted by Gasteiger charge is -2.63. The summed E-state index contributed by atoms with van der Waals surface area (Å²) >= 11 is 7.36. The highest BCUT2D eigenvalue weighted by atomic mass is 32.2. The number of hydrogen-bond acceptors (Lipinski definition) is 9. The van der Waals surface area contributed by atoms with E-state index >= 15 is 4.79 Å². The van der Waals surface area contributed by atoms with E-state index in [1.807, 2.05) is 47.0 Å². The highest BCUT2D eigenvalue weighted by Gasteiger charge is 2.67. The third-order valence-corrected chi connectivity index (χ3v) is 15.6. The van der Waals surface area contributed by atoms with Gasteiger partial charge in [0, 0.05) is 17.8 Å². The maximum atomic E-state index is 15.1. The Hall–Kier alpha value is 0.650. The van der Waals surface area contributed by atoms with Crippen LogP contribution in [0.4, 0.5) is 0 Å². The molecule has 0 spiro atoms. The van der Waals surface area contributed by atoms with Crippen molar-refractivity contribution >= 4 is 52.8 Å². The minimum absolute atomic E-state index is 0.0121. The van der Waals surface area contributed by atoms with Crippen LogP contribution in [0.5, 0.6) is 0 Å². The topological polar surface area (TPSA) is 65.0 Å². The quantitative estimate of drug-likeness (QED) is 0.403. The molecule has 1 N–H and O–H groups in total. The van der Waals surface area contributed by atoms with Crippen molar-refractivity contribution in [3.05, 3.63) is 11.1 Å². The molecule has 2 bridgehead atoms. The molecule has 3 aliphatic carbocycles. The molecule has 2 saturated carbocycles. The van der Waals surface area contributed by atoms with Crippen molar-refractivity contribution in [2.75, 3.05) is 29.6 Å². The number of fused-ring (bicyclic) bond motifs is 5. The zero-order valence-corrected chi connectivity index (χ0v) is 25.8. The number of rotatable bonds is 4. The zero-order chi connectivity index (χ0) is 26.0. The Labute approximate surface area is 239 Å². The van der Waals surface area contributed by atoms with Gasteiger partial charge in [0.1, 0.15) is 10.9 Å². The van der Waals surface area contributed by atoms with Gasteiger partial charge in [-0.25, -0.2) is 0 Å². The Morgan fingerprint density at radius 3 is 2.19 bits per heavy atom. The summed E-state index contributed by atoms with van der Waals surface area (Å²) in [5.74, 6) is 4.80. The smallest absolute Gasteiger partial charge is 0.174 e. The minimum atomic E-state index is -0.890. The monoisotopic (exact) mass is 586 g/mol. The molecular weight excluding hydrogens is 545 g/mol. The molecule has 9 heteroatoms. The van der Waals surface area contributed by atoms with E-state index in [0.29, 0.717) is 13.0 Å². The fourth-order valence-corrected chi connectivity index (χ4v) is 12.9. The number of hydrogen-bond donors (Lipinski definition) is 1. The molecule has 208 valence electrons. The number of aliphatic hydroxyl groups is 1. The van der Waals surface area contributed by atoms with Crippen LogP contribution >= 0.6 is 47.0 Å². The van der Waals surface area contributed by atoms with Crippen LogP contribution in [0, 0.1) is 22.7 Å². The molecule has 0 aromatic heterocycles. The van der Waals surface area contributed by atoms with Gasteiger partial charge in [0.2, 0.25) is 0 Å². The lowest BCUT2D eigenvalue weighted by molar-refractivity contribution is -0.248. The predicted octanol–water partition coefficient (Wildman–Crippen LogP) is 5.95. The van der Waals surface area contributed by atoms with E-state index in [9.17, 15) is 5.11 Å². The summed E-state index contributed by atoms with van der Waals surface area (Å²) in [5.41, 5.74) is 0.0941. The first-order chi connectivity index (χ1) is 17.6. The van der Waals surface area contributed by atoms with E-state index in [4.69, 9.17) is 14.2 Å². The van der Waals surface area contributed by atoms with Crippen LogP contribution in [0.3, 0.4) is 0 Å². The first kappa shape index (κ1) is 27.8. The Balaban J connectivity index is 1.44. The average Bonchev–Trinajstić information content (AvgIpc) is 2.86. The third kappa shape index (κ3) is 4.61. The van der Waals surface area contributed by atoms with Gasteiger partial charge in [-0.2, -0.15) is 0 Å². The van der Waals surface area contributed by atoms with Crippen LogP contribution in [0.1, 0.15) is 66.2 Å². The third-order valence-electron chi connectivity index (χ3n) is 10.3. The number of ketones is 1. The molecule has 37 heavy (non-hydrogen) atoms. The Bertz CT molecular complexity index is 930. The van der Waals surface area contributed by atoms with Crippen molar-refractivity contribution in [1.82, 2.24) is 0 Å². The van der Waals surface area contributed by atoms with Gasteiger partial charge < -0.3 is 19.3 Å². The lowest BCUT2D eigenvalue weighted by atomic mass is 9.47. The summed E-state index contributed by atoms with van der Waals surface area (Å²) in [6, 6.07) is 0. The predicted molar refractivity (Wildman–Crippen MR) is 156 cm³/mol. The van der Waals surface area contributed by atoms with Crippen molar-refractivity contribution in [3.8, 4) is 0 Å². The van der Waals surface area contributed by atoms with E-state index in [2.05, 4.69) is 27.7 Å². The normalized spacial score (nSPS) is 44.9. The van der Waals surface area contributed by atoms with Gasteiger partial charge in [-0.3, -0.25) is 4.79 Å². The van der Waals surface area contributed by atoms with Crippen molar-refractivity contribution < 1.29 is 24.1 Å². The highest BCUT2D eigenvalue weighted by Crippen LogP contribution is 2.62. The Morgan fingerprint density at radius 2 is 1.59 bits per heavy atom. The number of Topliss-reactive ketones (excluding diaryl/α,β-unsaturated/α-hetero) is 1. The summed E-state index contributed by atoms with van der Waals surface area (Å²) < 4.78 is 19.8. The van der Waals surface area contributed by atoms with Gasteiger partial charge in [0.15, 0.2) is 10.6 Å². The second-order valence-electron chi connectivity index (χ2n) is 12.5. The summed E-state index contributed by atoms with van der Waals surface area (Å²) in [6.07, 6.45) is 4.53. The first-order valence-electron chi connectivity index (χ1n) is 14.0. The van der Waals surface area contributed by atoms with E-state index in [0.717, 1.165) is 47.8 Å². The molecule has 6 rings (SSSR count).